The molecule has 0 amide bonds. The number of benzene rings is 1. The second-order valence-electron chi connectivity index (χ2n) is 4.73. The molecule has 1 aliphatic heterocycles. The van der Waals surface area contributed by atoms with E-state index in [1.165, 1.54) is 24.1 Å². The molecule has 2 rings (SSSR count). The van der Waals surface area contributed by atoms with E-state index in [2.05, 4.69) is 37.8 Å². The van der Waals surface area contributed by atoms with Crippen LogP contribution in [0.5, 0.6) is 0 Å². The smallest absolute Gasteiger partial charge is 0.0421 e. The SMILES string of the molecule is Cc1ccc(N)cc1N1[C@H](C)CC[C@@H]1C. The van der Waals surface area contributed by atoms with E-state index in [0.29, 0.717) is 12.1 Å². The van der Waals surface area contributed by atoms with Gasteiger partial charge in [0, 0.05) is 23.5 Å². The molecule has 2 atom stereocenters. The lowest BCUT2D eigenvalue weighted by Crippen LogP contribution is -2.33. The Morgan fingerprint density at radius 3 is 2.40 bits per heavy atom. The first-order valence-corrected chi connectivity index (χ1v) is 5.74. The number of rotatable bonds is 1. The Kier molecular flexibility index (Phi) is 2.59. The summed E-state index contributed by atoms with van der Waals surface area (Å²) < 4.78 is 0. The van der Waals surface area contributed by atoms with Crippen LogP contribution in [0.15, 0.2) is 18.2 Å². The molecule has 0 unspecified atom stereocenters. The van der Waals surface area contributed by atoms with Gasteiger partial charge in [0.15, 0.2) is 0 Å². The summed E-state index contributed by atoms with van der Waals surface area (Å²) in [4.78, 5) is 2.51. The van der Waals surface area contributed by atoms with Gasteiger partial charge < -0.3 is 10.6 Å². The van der Waals surface area contributed by atoms with Crippen molar-refractivity contribution in [3.63, 3.8) is 0 Å². The van der Waals surface area contributed by atoms with Crippen LogP contribution >= 0.6 is 0 Å². The second-order valence-corrected chi connectivity index (χ2v) is 4.73. The maximum absolute atomic E-state index is 5.86. The number of nitrogen functional groups attached to an aromatic ring is 1. The molecule has 2 nitrogen and oxygen atoms in total. The summed E-state index contributed by atoms with van der Waals surface area (Å²) in [6, 6.07) is 7.47. The van der Waals surface area contributed by atoms with E-state index in [1.54, 1.807) is 0 Å². The lowest BCUT2D eigenvalue weighted by Gasteiger charge is -2.30. The molecular weight excluding hydrogens is 184 g/mol. The first-order chi connectivity index (χ1) is 7.09. The van der Waals surface area contributed by atoms with Crippen molar-refractivity contribution in [1.82, 2.24) is 0 Å². The molecule has 1 aromatic carbocycles. The van der Waals surface area contributed by atoms with Gasteiger partial charge in [-0.05, 0) is 51.3 Å². The fourth-order valence-corrected chi connectivity index (χ4v) is 2.57. The first kappa shape index (κ1) is 10.3. The maximum Gasteiger partial charge on any atom is 0.0421 e. The first-order valence-electron chi connectivity index (χ1n) is 5.74. The minimum absolute atomic E-state index is 0.639. The van der Waals surface area contributed by atoms with Crippen molar-refractivity contribution >= 4 is 11.4 Å². The van der Waals surface area contributed by atoms with Gasteiger partial charge in [-0.3, -0.25) is 0 Å². The van der Waals surface area contributed by atoms with E-state index >= 15 is 0 Å². The molecule has 1 aliphatic rings. The summed E-state index contributed by atoms with van der Waals surface area (Å²) in [5.74, 6) is 0. The Morgan fingerprint density at radius 2 is 1.80 bits per heavy atom. The number of nitrogens with two attached hydrogens (primary N) is 1. The summed E-state index contributed by atoms with van der Waals surface area (Å²) in [5.41, 5.74) is 9.36. The minimum Gasteiger partial charge on any atom is -0.399 e. The van der Waals surface area contributed by atoms with E-state index in [1.807, 2.05) is 6.07 Å². The highest BCUT2D eigenvalue weighted by atomic mass is 15.2. The van der Waals surface area contributed by atoms with Gasteiger partial charge in [0.05, 0.1) is 0 Å². The summed E-state index contributed by atoms with van der Waals surface area (Å²) in [6.07, 6.45) is 2.57. The fourth-order valence-electron chi connectivity index (χ4n) is 2.57. The number of aryl methyl sites for hydroxylation is 1. The monoisotopic (exact) mass is 204 g/mol. The Morgan fingerprint density at radius 1 is 1.20 bits per heavy atom. The van der Waals surface area contributed by atoms with Crippen LogP contribution in [0.2, 0.25) is 0 Å². The Hall–Kier alpha value is -1.18. The number of nitrogens with zero attached hydrogens (tertiary/aromatic N) is 1. The third-order valence-corrected chi connectivity index (χ3v) is 3.46. The third kappa shape index (κ3) is 1.81. The summed E-state index contributed by atoms with van der Waals surface area (Å²) in [7, 11) is 0. The van der Waals surface area contributed by atoms with Crippen molar-refractivity contribution in [3.05, 3.63) is 23.8 Å². The van der Waals surface area contributed by atoms with Crippen LogP contribution in [0.4, 0.5) is 11.4 Å². The molecule has 1 fully saturated rings. The molecule has 15 heavy (non-hydrogen) atoms. The molecule has 1 saturated heterocycles. The van der Waals surface area contributed by atoms with E-state index < -0.39 is 0 Å². The molecule has 0 spiro atoms. The van der Waals surface area contributed by atoms with Gasteiger partial charge in [0.1, 0.15) is 0 Å². The minimum atomic E-state index is 0.639. The van der Waals surface area contributed by atoms with Gasteiger partial charge in [-0.1, -0.05) is 6.07 Å². The van der Waals surface area contributed by atoms with Crippen LogP contribution in [0.25, 0.3) is 0 Å². The summed E-state index contributed by atoms with van der Waals surface area (Å²) >= 11 is 0. The van der Waals surface area contributed by atoms with Gasteiger partial charge >= 0.3 is 0 Å². The third-order valence-electron chi connectivity index (χ3n) is 3.46. The van der Waals surface area contributed by atoms with E-state index in [-0.39, 0.29) is 0 Å². The van der Waals surface area contributed by atoms with Gasteiger partial charge in [-0.2, -0.15) is 0 Å². The van der Waals surface area contributed by atoms with Crippen LogP contribution in [-0.2, 0) is 0 Å². The van der Waals surface area contributed by atoms with Crippen LogP contribution in [0, 0.1) is 6.92 Å². The van der Waals surface area contributed by atoms with Crippen molar-refractivity contribution in [2.45, 2.75) is 45.7 Å². The molecule has 0 aliphatic carbocycles. The number of hydrogen-bond donors (Lipinski definition) is 1. The molecular formula is C13H20N2. The quantitative estimate of drug-likeness (QED) is 0.713. The van der Waals surface area contributed by atoms with E-state index in [9.17, 15) is 0 Å². The van der Waals surface area contributed by atoms with Crippen LogP contribution in [0.1, 0.15) is 32.3 Å². The van der Waals surface area contributed by atoms with E-state index in [4.69, 9.17) is 5.73 Å². The van der Waals surface area contributed by atoms with Crippen molar-refractivity contribution in [1.29, 1.82) is 0 Å². The topological polar surface area (TPSA) is 29.3 Å². The van der Waals surface area contributed by atoms with Crippen molar-refractivity contribution in [2.75, 3.05) is 10.6 Å². The molecule has 0 bridgehead atoms. The average Bonchev–Trinajstić information content (AvgIpc) is 2.51. The van der Waals surface area contributed by atoms with Crippen molar-refractivity contribution in [3.8, 4) is 0 Å². The second kappa shape index (κ2) is 3.76. The molecule has 0 radical (unpaired) electrons. The zero-order valence-electron chi connectivity index (χ0n) is 9.83. The van der Waals surface area contributed by atoms with Crippen LogP contribution in [-0.4, -0.2) is 12.1 Å². The molecule has 1 heterocycles. The van der Waals surface area contributed by atoms with Crippen molar-refractivity contribution in [2.24, 2.45) is 0 Å². The Balaban J connectivity index is 2.39. The Labute approximate surface area is 92.1 Å². The lowest BCUT2D eigenvalue weighted by molar-refractivity contribution is 0.692. The molecule has 0 aromatic heterocycles. The predicted octanol–water partition coefficient (Wildman–Crippen LogP) is 2.95. The summed E-state index contributed by atoms with van der Waals surface area (Å²) in [5, 5.41) is 0. The van der Waals surface area contributed by atoms with Gasteiger partial charge in [-0.15, -0.1) is 0 Å². The van der Waals surface area contributed by atoms with E-state index in [0.717, 1.165) is 5.69 Å². The van der Waals surface area contributed by atoms with Gasteiger partial charge in [0.25, 0.3) is 0 Å². The van der Waals surface area contributed by atoms with Gasteiger partial charge in [0.2, 0.25) is 0 Å². The predicted molar refractivity (Wildman–Crippen MR) is 66.2 cm³/mol. The maximum atomic E-state index is 5.86. The fraction of sp³-hybridized carbons (Fsp3) is 0.538. The Bertz CT molecular complexity index is 350. The molecule has 0 saturated carbocycles. The highest BCUT2D eigenvalue weighted by molar-refractivity contribution is 5.62. The molecule has 1 aromatic rings. The normalized spacial score (nSPS) is 25.9. The standard InChI is InChI=1S/C13H20N2/c1-9-4-7-12(14)8-13(9)15-10(2)5-6-11(15)3/h4,7-8,10-11H,5-6,14H2,1-3H3/t10-,11+. The zero-order chi connectivity index (χ0) is 11.0. The molecule has 2 heteroatoms. The summed E-state index contributed by atoms with van der Waals surface area (Å²) in [6.45, 7) is 6.75. The highest BCUT2D eigenvalue weighted by Gasteiger charge is 2.28. The number of anilines is 2. The average molecular weight is 204 g/mol. The zero-order valence-corrected chi connectivity index (χ0v) is 9.83. The van der Waals surface area contributed by atoms with Crippen LogP contribution < -0.4 is 10.6 Å². The lowest BCUT2D eigenvalue weighted by atomic mass is 10.1. The van der Waals surface area contributed by atoms with Gasteiger partial charge in [-0.25, -0.2) is 0 Å². The highest BCUT2D eigenvalue weighted by Crippen LogP contribution is 2.33. The molecule has 2 N–H and O–H groups in total. The van der Waals surface area contributed by atoms with Crippen LogP contribution in [0.3, 0.4) is 0 Å². The van der Waals surface area contributed by atoms with Crippen molar-refractivity contribution < 1.29 is 0 Å². The molecule has 82 valence electrons. The largest absolute Gasteiger partial charge is 0.399 e. The number of hydrogen-bond acceptors (Lipinski definition) is 2.